The van der Waals surface area contributed by atoms with Gasteiger partial charge in [-0.25, -0.2) is 0 Å². The maximum atomic E-state index is 11.6. The molecule has 2 rings (SSSR count). The fraction of sp³-hybridized carbons (Fsp3) is 0.389. The molecule has 0 aliphatic carbocycles. The molecule has 0 atom stereocenters. The summed E-state index contributed by atoms with van der Waals surface area (Å²) in [5.41, 5.74) is 2.01. The number of ether oxygens (including phenoxy) is 1. The molecule has 26 heavy (non-hydrogen) atoms. The van der Waals surface area contributed by atoms with E-state index in [0.717, 1.165) is 30.1 Å². The van der Waals surface area contributed by atoms with Crippen molar-refractivity contribution in [3.63, 3.8) is 0 Å². The van der Waals surface area contributed by atoms with Crippen LogP contribution in [0.15, 0.2) is 43.5 Å². The van der Waals surface area contributed by atoms with Crippen molar-refractivity contribution in [3.8, 4) is 5.75 Å². The van der Waals surface area contributed by atoms with Gasteiger partial charge in [-0.3, -0.25) is 9.35 Å². The highest BCUT2D eigenvalue weighted by atomic mass is 32.2. The van der Waals surface area contributed by atoms with Crippen LogP contribution in [0.25, 0.3) is 0 Å². The number of fused-ring (bicyclic) bond motifs is 1. The molecule has 1 aromatic rings. The second kappa shape index (κ2) is 12.2. The van der Waals surface area contributed by atoms with Gasteiger partial charge in [0.05, 0.1) is 25.5 Å². The number of hydrogen-bond donors (Lipinski definition) is 2. The Bertz CT molecular complexity index is 686. The minimum absolute atomic E-state index is 0.159. The van der Waals surface area contributed by atoms with Crippen molar-refractivity contribution in [2.24, 2.45) is 0 Å². The number of carbonyl (C=O) groups excluding carboxylic acids is 1. The van der Waals surface area contributed by atoms with Crippen LogP contribution in [0.2, 0.25) is 0 Å². The van der Waals surface area contributed by atoms with Crippen molar-refractivity contribution in [1.29, 1.82) is 0 Å². The smallest absolute Gasteiger partial charge is 0.261 e. The van der Waals surface area contributed by atoms with Gasteiger partial charge in [0.2, 0.25) is 5.91 Å². The topological polar surface area (TPSA) is 95.9 Å². The van der Waals surface area contributed by atoms with E-state index in [4.69, 9.17) is 9.29 Å². The molecule has 0 bridgehead atoms. The Morgan fingerprint density at radius 2 is 1.85 bits per heavy atom. The van der Waals surface area contributed by atoms with Crippen LogP contribution in [0.5, 0.6) is 5.75 Å². The predicted octanol–water partition coefficient (Wildman–Crippen LogP) is 2.06. The number of methoxy groups -OCH3 is 1. The SMILES string of the molecule is C=CCNCC=C.CCN1C(=O)Cc2cccc(OC)c21.CS(=O)(=O)O. The summed E-state index contributed by atoms with van der Waals surface area (Å²) in [5.74, 6) is 0.946. The predicted molar refractivity (Wildman–Crippen MR) is 105 cm³/mol. The van der Waals surface area contributed by atoms with Crippen LogP contribution in [-0.4, -0.2) is 51.9 Å². The van der Waals surface area contributed by atoms with E-state index in [-0.39, 0.29) is 5.91 Å². The molecule has 7 nitrogen and oxygen atoms in total. The van der Waals surface area contributed by atoms with Crippen LogP contribution in [0.4, 0.5) is 5.69 Å². The summed E-state index contributed by atoms with van der Waals surface area (Å²) in [7, 11) is -2.04. The van der Waals surface area contributed by atoms with Gasteiger partial charge in [-0.1, -0.05) is 24.3 Å². The summed E-state index contributed by atoms with van der Waals surface area (Å²) in [6.45, 7) is 11.5. The Morgan fingerprint density at radius 1 is 1.31 bits per heavy atom. The van der Waals surface area contributed by atoms with E-state index in [2.05, 4.69) is 18.5 Å². The highest BCUT2D eigenvalue weighted by Gasteiger charge is 2.28. The van der Waals surface area contributed by atoms with E-state index in [0.29, 0.717) is 19.2 Å². The molecule has 1 aromatic carbocycles. The summed E-state index contributed by atoms with van der Waals surface area (Å²) in [4.78, 5) is 13.4. The number of likely N-dealkylation sites (N-methyl/N-ethyl adjacent to an activating group) is 1. The van der Waals surface area contributed by atoms with Crippen molar-refractivity contribution in [2.75, 3.05) is 37.9 Å². The quantitative estimate of drug-likeness (QED) is 0.443. The maximum Gasteiger partial charge on any atom is 0.261 e. The average molecular weight is 384 g/mol. The number of rotatable bonds is 6. The first-order chi connectivity index (χ1) is 12.2. The third kappa shape index (κ3) is 9.36. The number of nitrogens with zero attached hydrogens (tertiary/aromatic N) is 1. The largest absolute Gasteiger partial charge is 0.495 e. The van der Waals surface area contributed by atoms with Crippen molar-refractivity contribution in [3.05, 3.63) is 49.1 Å². The number of nitrogens with one attached hydrogen (secondary N) is 1. The molecule has 0 saturated heterocycles. The lowest BCUT2D eigenvalue weighted by atomic mass is 10.1. The Labute approximate surface area is 156 Å². The number of amides is 1. The first kappa shape index (κ1) is 23.8. The minimum Gasteiger partial charge on any atom is -0.495 e. The molecule has 0 unspecified atom stereocenters. The normalized spacial score (nSPS) is 12.2. The summed E-state index contributed by atoms with van der Waals surface area (Å²) in [6, 6.07) is 5.79. The number of para-hydroxylation sites is 1. The first-order valence-electron chi connectivity index (χ1n) is 8.00. The van der Waals surface area contributed by atoms with Gasteiger partial charge in [0.25, 0.3) is 10.1 Å². The lowest BCUT2D eigenvalue weighted by Crippen LogP contribution is -2.26. The van der Waals surface area contributed by atoms with E-state index in [1.807, 2.05) is 37.3 Å². The third-order valence-electron chi connectivity index (χ3n) is 3.11. The molecule has 1 heterocycles. The van der Waals surface area contributed by atoms with Crippen LogP contribution in [0.1, 0.15) is 12.5 Å². The molecule has 0 radical (unpaired) electrons. The summed E-state index contributed by atoms with van der Waals surface area (Å²) in [5, 5.41) is 3.05. The van der Waals surface area contributed by atoms with Crippen molar-refractivity contribution >= 4 is 21.7 Å². The summed E-state index contributed by atoms with van der Waals surface area (Å²) < 4.78 is 31.1. The zero-order chi connectivity index (χ0) is 20.2. The third-order valence-corrected chi connectivity index (χ3v) is 3.11. The van der Waals surface area contributed by atoms with Gasteiger partial charge < -0.3 is 15.0 Å². The van der Waals surface area contributed by atoms with Crippen LogP contribution < -0.4 is 15.0 Å². The monoisotopic (exact) mass is 384 g/mol. The van der Waals surface area contributed by atoms with Crippen LogP contribution in [-0.2, 0) is 21.3 Å². The number of carbonyl (C=O) groups is 1. The van der Waals surface area contributed by atoms with Gasteiger partial charge in [-0.2, -0.15) is 8.42 Å². The van der Waals surface area contributed by atoms with Gasteiger partial charge in [-0.05, 0) is 18.6 Å². The molecule has 1 aliphatic heterocycles. The molecule has 1 amide bonds. The molecular formula is C18H28N2O5S. The molecule has 0 fully saturated rings. The van der Waals surface area contributed by atoms with Crippen LogP contribution in [0, 0.1) is 0 Å². The van der Waals surface area contributed by atoms with Crippen molar-refractivity contribution < 1.29 is 22.5 Å². The molecule has 146 valence electrons. The molecule has 0 saturated carbocycles. The molecule has 8 heteroatoms. The summed E-state index contributed by atoms with van der Waals surface area (Å²) >= 11 is 0. The maximum absolute atomic E-state index is 11.6. The minimum atomic E-state index is -3.67. The zero-order valence-electron chi connectivity index (χ0n) is 15.6. The Hall–Kier alpha value is -2.16. The molecule has 1 aliphatic rings. The highest BCUT2D eigenvalue weighted by molar-refractivity contribution is 7.85. The van der Waals surface area contributed by atoms with E-state index in [9.17, 15) is 13.2 Å². The van der Waals surface area contributed by atoms with Crippen molar-refractivity contribution in [1.82, 2.24) is 5.32 Å². The second-order valence-electron chi connectivity index (χ2n) is 5.25. The standard InChI is InChI=1S/C11H13NO2.C6H11N.CH4O3S/c1-3-12-10(13)7-8-5-4-6-9(14-2)11(8)12;1-3-5-7-6-4-2;1-5(2,3)4/h4-6H,3,7H2,1-2H3;3-4,7H,1-2,5-6H2;1H3,(H,2,3,4). The number of hydrogen-bond acceptors (Lipinski definition) is 5. The lowest BCUT2D eigenvalue weighted by molar-refractivity contribution is -0.117. The van der Waals surface area contributed by atoms with E-state index in [1.54, 1.807) is 12.0 Å². The fourth-order valence-electron chi connectivity index (χ4n) is 2.19. The zero-order valence-corrected chi connectivity index (χ0v) is 16.4. The first-order valence-corrected chi connectivity index (χ1v) is 9.85. The van der Waals surface area contributed by atoms with Gasteiger partial charge in [0.15, 0.2) is 0 Å². The molecule has 2 N–H and O–H groups in total. The van der Waals surface area contributed by atoms with E-state index < -0.39 is 10.1 Å². The Morgan fingerprint density at radius 3 is 2.27 bits per heavy atom. The van der Waals surface area contributed by atoms with Gasteiger partial charge in [0, 0.05) is 19.6 Å². The molecular weight excluding hydrogens is 356 g/mol. The van der Waals surface area contributed by atoms with Crippen LogP contribution in [0.3, 0.4) is 0 Å². The van der Waals surface area contributed by atoms with Gasteiger partial charge >= 0.3 is 0 Å². The lowest BCUT2D eigenvalue weighted by Gasteiger charge is -2.17. The highest BCUT2D eigenvalue weighted by Crippen LogP contribution is 2.37. The second-order valence-corrected chi connectivity index (χ2v) is 6.72. The fourth-order valence-corrected chi connectivity index (χ4v) is 2.19. The number of benzene rings is 1. The Balaban J connectivity index is 0.000000439. The average Bonchev–Trinajstić information content (AvgIpc) is 2.89. The Kier molecular flexibility index (Phi) is 11.2. The molecule has 0 aromatic heterocycles. The van der Waals surface area contributed by atoms with Gasteiger partial charge in [0.1, 0.15) is 5.75 Å². The van der Waals surface area contributed by atoms with Gasteiger partial charge in [-0.15, -0.1) is 13.2 Å². The molecule has 0 spiro atoms. The van der Waals surface area contributed by atoms with Crippen LogP contribution >= 0.6 is 0 Å². The van der Waals surface area contributed by atoms with E-state index >= 15 is 0 Å². The number of anilines is 1. The van der Waals surface area contributed by atoms with E-state index in [1.165, 1.54) is 0 Å². The van der Waals surface area contributed by atoms with Crippen molar-refractivity contribution in [2.45, 2.75) is 13.3 Å². The summed E-state index contributed by atoms with van der Waals surface area (Å²) in [6.07, 6.45) is 4.86.